The van der Waals surface area contributed by atoms with Crippen molar-refractivity contribution in [1.29, 1.82) is 0 Å². The van der Waals surface area contributed by atoms with Gasteiger partial charge in [-0.05, 0) is 19.0 Å². The molecule has 12 heavy (non-hydrogen) atoms. The van der Waals surface area contributed by atoms with Crippen LogP contribution < -0.4 is 5.32 Å². The van der Waals surface area contributed by atoms with Crippen LogP contribution in [0.4, 0.5) is 0 Å². The molecule has 0 bridgehead atoms. The quantitative estimate of drug-likeness (QED) is 0.733. The van der Waals surface area contributed by atoms with Crippen LogP contribution in [0.25, 0.3) is 0 Å². The van der Waals surface area contributed by atoms with Gasteiger partial charge in [0.15, 0.2) is 0 Å². The smallest absolute Gasteiger partial charge is 0.0957 e. The number of hydrogen-bond acceptors (Lipinski definition) is 3. The molecule has 1 aromatic rings. The maximum atomic E-state index is 5.62. The molecule has 1 fully saturated rings. The topological polar surface area (TPSA) is 34.4 Å². The third kappa shape index (κ3) is 1.87. The first-order valence-corrected chi connectivity index (χ1v) is 4.28. The molecule has 3 nitrogen and oxygen atoms in total. The lowest BCUT2D eigenvalue weighted by Crippen LogP contribution is -2.16. The second-order valence-electron chi connectivity index (χ2n) is 3.06. The van der Waals surface area contributed by atoms with E-state index in [1.165, 1.54) is 0 Å². The van der Waals surface area contributed by atoms with Crippen LogP contribution in [0.3, 0.4) is 0 Å². The molecule has 1 aromatic heterocycles. The van der Waals surface area contributed by atoms with Gasteiger partial charge >= 0.3 is 0 Å². The minimum Gasteiger partial charge on any atom is -0.472 e. The summed E-state index contributed by atoms with van der Waals surface area (Å²) in [5.74, 6) is 0. The molecule has 0 amide bonds. The molecular formula is C9H13NO2. The van der Waals surface area contributed by atoms with E-state index in [2.05, 4.69) is 5.32 Å². The first kappa shape index (κ1) is 7.83. The highest BCUT2D eigenvalue weighted by Crippen LogP contribution is 2.08. The molecule has 0 aliphatic carbocycles. The Balaban J connectivity index is 1.74. The monoisotopic (exact) mass is 167 g/mol. The van der Waals surface area contributed by atoms with Crippen molar-refractivity contribution in [1.82, 2.24) is 5.32 Å². The summed E-state index contributed by atoms with van der Waals surface area (Å²) in [5.41, 5.74) is 1.11. The molecule has 1 aliphatic heterocycles. The standard InChI is InChI=1S/C9H13NO2/c1-3-10-5-9(1)12-7-8-2-4-11-6-8/h2,4,6,9-10H,1,3,5,7H2. The van der Waals surface area contributed by atoms with Gasteiger partial charge in [0, 0.05) is 12.1 Å². The van der Waals surface area contributed by atoms with Crippen molar-refractivity contribution in [2.75, 3.05) is 13.1 Å². The van der Waals surface area contributed by atoms with Gasteiger partial charge in [-0.25, -0.2) is 0 Å². The van der Waals surface area contributed by atoms with Gasteiger partial charge in [-0.2, -0.15) is 0 Å². The molecule has 1 unspecified atom stereocenters. The fourth-order valence-corrected chi connectivity index (χ4v) is 1.36. The third-order valence-electron chi connectivity index (χ3n) is 2.08. The molecule has 1 aliphatic rings. The molecule has 66 valence electrons. The maximum absolute atomic E-state index is 5.62. The molecule has 2 rings (SSSR count). The molecular weight excluding hydrogens is 154 g/mol. The molecule has 2 heterocycles. The van der Waals surface area contributed by atoms with Crippen molar-refractivity contribution >= 4 is 0 Å². The fourth-order valence-electron chi connectivity index (χ4n) is 1.36. The van der Waals surface area contributed by atoms with Gasteiger partial charge in [0.2, 0.25) is 0 Å². The average molecular weight is 167 g/mol. The summed E-state index contributed by atoms with van der Waals surface area (Å²) in [6.45, 7) is 2.73. The first-order chi connectivity index (χ1) is 5.95. The molecule has 1 atom stereocenters. The van der Waals surface area contributed by atoms with E-state index in [1.54, 1.807) is 12.5 Å². The minimum atomic E-state index is 0.389. The number of ether oxygens (including phenoxy) is 1. The number of furan rings is 1. The Kier molecular flexibility index (Phi) is 2.44. The lowest BCUT2D eigenvalue weighted by molar-refractivity contribution is 0.0539. The summed E-state index contributed by atoms with van der Waals surface area (Å²) >= 11 is 0. The van der Waals surface area contributed by atoms with E-state index in [-0.39, 0.29) is 0 Å². The molecule has 0 spiro atoms. The van der Waals surface area contributed by atoms with Crippen LogP contribution in [-0.2, 0) is 11.3 Å². The SMILES string of the molecule is c1cc(COC2CCNC2)co1. The van der Waals surface area contributed by atoms with Gasteiger partial charge in [-0.1, -0.05) is 0 Å². The van der Waals surface area contributed by atoms with Gasteiger partial charge in [0.1, 0.15) is 0 Å². The Morgan fingerprint density at radius 1 is 1.67 bits per heavy atom. The summed E-state index contributed by atoms with van der Waals surface area (Å²) in [7, 11) is 0. The predicted octanol–water partition coefficient (Wildman–Crippen LogP) is 1.16. The van der Waals surface area contributed by atoms with E-state index in [1.807, 2.05) is 6.07 Å². The fraction of sp³-hybridized carbons (Fsp3) is 0.556. The highest BCUT2D eigenvalue weighted by atomic mass is 16.5. The highest BCUT2D eigenvalue weighted by molar-refractivity contribution is 5.03. The Hall–Kier alpha value is -0.800. The zero-order valence-electron chi connectivity index (χ0n) is 6.95. The minimum absolute atomic E-state index is 0.389. The molecule has 0 radical (unpaired) electrons. The zero-order chi connectivity index (χ0) is 8.23. The summed E-state index contributed by atoms with van der Waals surface area (Å²) < 4.78 is 10.6. The summed E-state index contributed by atoms with van der Waals surface area (Å²) in [6, 6.07) is 1.93. The summed E-state index contributed by atoms with van der Waals surface area (Å²) in [4.78, 5) is 0. The average Bonchev–Trinajstić information content (AvgIpc) is 2.74. The van der Waals surface area contributed by atoms with Crippen molar-refractivity contribution in [2.24, 2.45) is 0 Å². The van der Waals surface area contributed by atoms with Crippen LogP contribution in [0.15, 0.2) is 23.0 Å². The Bertz CT molecular complexity index is 214. The molecule has 0 saturated carbocycles. The second kappa shape index (κ2) is 3.74. The maximum Gasteiger partial charge on any atom is 0.0957 e. The number of hydrogen-bond donors (Lipinski definition) is 1. The number of nitrogens with one attached hydrogen (secondary N) is 1. The third-order valence-corrected chi connectivity index (χ3v) is 2.08. The largest absolute Gasteiger partial charge is 0.472 e. The predicted molar refractivity (Wildman–Crippen MR) is 44.8 cm³/mol. The van der Waals surface area contributed by atoms with Gasteiger partial charge in [-0.15, -0.1) is 0 Å². The highest BCUT2D eigenvalue weighted by Gasteiger charge is 2.14. The molecule has 3 heteroatoms. The zero-order valence-corrected chi connectivity index (χ0v) is 6.95. The normalized spacial score (nSPS) is 23.2. The van der Waals surface area contributed by atoms with Crippen LogP contribution in [0.1, 0.15) is 12.0 Å². The van der Waals surface area contributed by atoms with E-state index >= 15 is 0 Å². The van der Waals surface area contributed by atoms with E-state index in [0.29, 0.717) is 12.7 Å². The van der Waals surface area contributed by atoms with Crippen LogP contribution in [0.2, 0.25) is 0 Å². The van der Waals surface area contributed by atoms with Crippen molar-refractivity contribution in [3.05, 3.63) is 24.2 Å². The van der Waals surface area contributed by atoms with Crippen molar-refractivity contribution < 1.29 is 9.15 Å². The van der Waals surface area contributed by atoms with Gasteiger partial charge < -0.3 is 14.5 Å². The van der Waals surface area contributed by atoms with Gasteiger partial charge in [-0.3, -0.25) is 0 Å². The summed E-state index contributed by atoms with van der Waals surface area (Å²) in [6.07, 6.45) is 4.91. The lowest BCUT2D eigenvalue weighted by Gasteiger charge is -2.08. The van der Waals surface area contributed by atoms with Gasteiger partial charge in [0.05, 0.1) is 25.2 Å². The van der Waals surface area contributed by atoms with Crippen LogP contribution in [-0.4, -0.2) is 19.2 Å². The van der Waals surface area contributed by atoms with Crippen molar-refractivity contribution in [2.45, 2.75) is 19.1 Å². The van der Waals surface area contributed by atoms with E-state index in [0.717, 1.165) is 25.1 Å². The lowest BCUT2D eigenvalue weighted by atomic mass is 10.3. The Morgan fingerprint density at radius 2 is 2.67 bits per heavy atom. The molecule has 0 aromatic carbocycles. The van der Waals surface area contributed by atoms with E-state index in [4.69, 9.17) is 9.15 Å². The van der Waals surface area contributed by atoms with Crippen LogP contribution in [0, 0.1) is 0 Å². The Labute approximate surface area is 71.7 Å². The second-order valence-corrected chi connectivity index (χ2v) is 3.06. The molecule has 1 N–H and O–H groups in total. The molecule has 1 saturated heterocycles. The Morgan fingerprint density at radius 3 is 3.33 bits per heavy atom. The number of rotatable bonds is 3. The van der Waals surface area contributed by atoms with Crippen LogP contribution in [0.5, 0.6) is 0 Å². The van der Waals surface area contributed by atoms with Crippen molar-refractivity contribution in [3.8, 4) is 0 Å². The van der Waals surface area contributed by atoms with Gasteiger partial charge in [0.25, 0.3) is 0 Å². The van der Waals surface area contributed by atoms with Crippen LogP contribution >= 0.6 is 0 Å². The first-order valence-electron chi connectivity index (χ1n) is 4.28. The van der Waals surface area contributed by atoms with Crippen molar-refractivity contribution in [3.63, 3.8) is 0 Å². The van der Waals surface area contributed by atoms with E-state index in [9.17, 15) is 0 Å². The summed E-state index contributed by atoms with van der Waals surface area (Å²) in [5, 5.41) is 3.25. The van der Waals surface area contributed by atoms with E-state index < -0.39 is 0 Å².